The second-order valence-electron chi connectivity index (χ2n) is 3.86. The molecule has 5 N–H and O–H groups in total. The van der Waals surface area contributed by atoms with Crippen LogP contribution in [0.3, 0.4) is 0 Å². The van der Waals surface area contributed by atoms with Gasteiger partial charge in [-0.05, 0) is 12.8 Å². The smallest absolute Gasteiger partial charge is 0.251 e. The number of hydrogen-bond donors (Lipinski definition) is 3. The van der Waals surface area contributed by atoms with E-state index < -0.39 is 0 Å². The quantitative estimate of drug-likeness (QED) is 0.392. The summed E-state index contributed by atoms with van der Waals surface area (Å²) in [7, 11) is 0. The Bertz CT molecular complexity index is 439. The number of allylic oxidation sites excluding steroid dienone is 1. The van der Waals surface area contributed by atoms with E-state index in [1.807, 2.05) is 6.08 Å². The van der Waals surface area contributed by atoms with Crippen molar-refractivity contribution in [3.8, 4) is 0 Å². The van der Waals surface area contributed by atoms with Crippen molar-refractivity contribution in [3.05, 3.63) is 17.8 Å². The van der Waals surface area contributed by atoms with E-state index >= 15 is 0 Å². The fraction of sp³-hybridized carbons (Fsp3) is 0.545. The van der Waals surface area contributed by atoms with Gasteiger partial charge in [-0.1, -0.05) is 31.9 Å². The van der Waals surface area contributed by atoms with Gasteiger partial charge in [-0.2, -0.15) is 9.97 Å². The van der Waals surface area contributed by atoms with Crippen molar-refractivity contribution in [2.45, 2.75) is 32.6 Å². The van der Waals surface area contributed by atoms with Gasteiger partial charge in [-0.25, -0.2) is 4.99 Å². The second-order valence-corrected chi connectivity index (χ2v) is 3.86. The van der Waals surface area contributed by atoms with Crippen LogP contribution in [0.1, 0.15) is 32.6 Å². The Balaban J connectivity index is 2.52. The molecule has 0 bridgehead atoms. The first kappa shape index (κ1) is 14.0. The Morgan fingerprint density at radius 3 is 2.50 bits per heavy atom. The van der Waals surface area contributed by atoms with E-state index in [2.05, 4.69) is 28.0 Å². The van der Waals surface area contributed by atoms with Gasteiger partial charge in [-0.15, -0.1) is 4.73 Å². The molecule has 0 aliphatic carbocycles. The highest BCUT2D eigenvalue weighted by atomic mass is 16.5. The lowest BCUT2D eigenvalue weighted by Crippen LogP contribution is -2.23. The number of unbranched alkanes of at least 4 members (excludes halogenated alkanes) is 3. The van der Waals surface area contributed by atoms with E-state index in [1.165, 1.54) is 19.3 Å². The molecule has 1 heterocycles. The minimum Gasteiger partial charge on any atom is -0.422 e. The first-order valence-electron chi connectivity index (χ1n) is 6.02. The molecule has 0 unspecified atom stereocenters. The third kappa shape index (κ3) is 4.44. The first-order chi connectivity index (χ1) is 8.65. The molecule has 7 heteroatoms. The summed E-state index contributed by atoms with van der Waals surface area (Å²) in [4.78, 5) is 11.7. The zero-order valence-electron chi connectivity index (χ0n) is 10.6. The van der Waals surface area contributed by atoms with Crippen LogP contribution in [0.5, 0.6) is 0 Å². The maximum atomic E-state index is 9.21. The van der Waals surface area contributed by atoms with Crippen LogP contribution < -0.4 is 17.1 Å². The third-order valence-corrected chi connectivity index (χ3v) is 2.34. The fourth-order valence-corrected chi connectivity index (χ4v) is 1.35. The molecule has 0 spiro atoms. The van der Waals surface area contributed by atoms with Crippen molar-refractivity contribution in [2.75, 3.05) is 18.0 Å². The number of nitrogens with zero attached hydrogens (tertiary/aromatic N) is 4. The number of hydrogen-bond acceptors (Lipinski definition) is 6. The molecular weight excluding hydrogens is 232 g/mol. The molecule has 0 saturated carbocycles. The van der Waals surface area contributed by atoms with Crippen molar-refractivity contribution in [1.82, 2.24) is 14.7 Å². The monoisotopic (exact) mass is 252 g/mol. The van der Waals surface area contributed by atoms with Crippen LogP contribution in [0, 0.1) is 0 Å². The van der Waals surface area contributed by atoms with E-state index in [9.17, 15) is 5.21 Å². The zero-order chi connectivity index (χ0) is 13.4. The standard InChI is InChI=1S/C11H20N6O/c1-2-3-4-5-6-7-8-14-11-15-9(12)17(18)10(13)16-11/h6-7,18H,2-5,8H2,1H3,(H4,12,13,14,15,16)/b7-6+. The second kappa shape index (κ2) is 7.31. The number of aromatic nitrogens is 3. The SMILES string of the molecule is CCCCC/C=C/CN=c1nc(N)n(O)c(N)n1. The van der Waals surface area contributed by atoms with Crippen LogP contribution >= 0.6 is 0 Å². The van der Waals surface area contributed by atoms with E-state index in [0.717, 1.165) is 6.42 Å². The summed E-state index contributed by atoms with van der Waals surface area (Å²) in [5, 5.41) is 9.21. The van der Waals surface area contributed by atoms with Gasteiger partial charge in [0, 0.05) is 0 Å². The van der Waals surface area contributed by atoms with Crippen LogP contribution in [0.2, 0.25) is 0 Å². The highest BCUT2D eigenvalue weighted by Gasteiger charge is 2.00. The van der Waals surface area contributed by atoms with Crippen molar-refractivity contribution in [1.29, 1.82) is 0 Å². The molecule has 0 radical (unpaired) electrons. The molecule has 0 aliphatic rings. The van der Waals surface area contributed by atoms with E-state index in [4.69, 9.17) is 11.5 Å². The average molecular weight is 252 g/mol. The summed E-state index contributed by atoms with van der Waals surface area (Å²) in [6, 6.07) is 0. The molecule has 1 aromatic heterocycles. The number of nitrogens with two attached hydrogens (primary N) is 2. The Morgan fingerprint density at radius 2 is 1.89 bits per heavy atom. The van der Waals surface area contributed by atoms with Crippen molar-refractivity contribution in [3.63, 3.8) is 0 Å². The summed E-state index contributed by atoms with van der Waals surface area (Å²) < 4.78 is 0.513. The lowest BCUT2D eigenvalue weighted by atomic mass is 10.2. The van der Waals surface area contributed by atoms with Gasteiger partial charge >= 0.3 is 0 Å². The van der Waals surface area contributed by atoms with Gasteiger partial charge in [0.15, 0.2) is 0 Å². The van der Waals surface area contributed by atoms with Gasteiger partial charge in [0.05, 0.1) is 6.54 Å². The highest BCUT2D eigenvalue weighted by molar-refractivity contribution is 5.25. The highest BCUT2D eigenvalue weighted by Crippen LogP contribution is 1.99. The molecule has 18 heavy (non-hydrogen) atoms. The predicted octanol–water partition coefficient (Wildman–Crippen LogP) is 0.717. The van der Waals surface area contributed by atoms with E-state index in [1.54, 1.807) is 0 Å². The first-order valence-corrected chi connectivity index (χ1v) is 6.02. The van der Waals surface area contributed by atoms with Crippen LogP contribution in [0.25, 0.3) is 0 Å². The Hall–Kier alpha value is -2.05. The maximum absolute atomic E-state index is 9.21. The number of rotatable bonds is 6. The molecule has 0 atom stereocenters. The predicted molar refractivity (Wildman–Crippen MR) is 69.7 cm³/mol. The number of anilines is 2. The molecule has 1 aromatic rings. The van der Waals surface area contributed by atoms with Gasteiger partial charge in [0.25, 0.3) is 5.62 Å². The Morgan fingerprint density at radius 1 is 1.22 bits per heavy atom. The average Bonchev–Trinajstić information content (AvgIpc) is 2.34. The van der Waals surface area contributed by atoms with Gasteiger partial charge < -0.3 is 16.7 Å². The molecular formula is C11H20N6O. The van der Waals surface area contributed by atoms with E-state index in [-0.39, 0.29) is 17.5 Å². The minimum atomic E-state index is -0.131. The van der Waals surface area contributed by atoms with Gasteiger partial charge in [-0.3, -0.25) is 0 Å². The Kier molecular flexibility index (Phi) is 5.69. The molecule has 0 aliphatic heterocycles. The van der Waals surface area contributed by atoms with Crippen molar-refractivity contribution < 1.29 is 5.21 Å². The van der Waals surface area contributed by atoms with Crippen LogP contribution in [0.4, 0.5) is 11.9 Å². The summed E-state index contributed by atoms with van der Waals surface area (Å²) in [6.07, 6.45) is 8.74. The lowest BCUT2D eigenvalue weighted by Gasteiger charge is -2.02. The topological polar surface area (TPSA) is 115 Å². The Labute approximate surface area is 106 Å². The van der Waals surface area contributed by atoms with Crippen LogP contribution in [-0.2, 0) is 0 Å². The molecule has 0 fully saturated rings. The zero-order valence-corrected chi connectivity index (χ0v) is 10.6. The lowest BCUT2D eigenvalue weighted by molar-refractivity contribution is 0.190. The molecule has 0 amide bonds. The summed E-state index contributed by atoms with van der Waals surface area (Å²) >= 11 is 0. The maximum Gasteiger partial charge on any atom is 0.251 e. The minimum absolute atomic E-state index is 0.131. The molecule has 0 aromatic carbocycles. The molecule has 100 valence electrons. The van der Waals surface area contributed by atoms with Crippen molar-refractivity contribution in [2.24, 2.45) is 4.99 Å². The largest absolute Gasteiger partial charge is 0.422 e. The summed E-state index contributed by atoms with van der Waals surface area (Å²) in [5.74, 6) is -0.263. The van der Waals surface area contributed by atoms with Gasteiger partial charge in [0.2, 0.25) is 11.9 Å². The summed E-state index contributed by atoms with van der Waals surface area (Å²) in [5.41, 5.74) is 11.0. The molecule has 0 saturated heterocycles. The molecule has 7 nitrogen and oxygen atoms in total. The van der Waals surface area contributed by atoms with E-state index in [0.29, 0.717) is 11.3 Å². The third-order valence-electron chi connectivity index (χ3n) is 2.34. The van der Waals surface area contributed by atoms with Crippen LogP contribution in [0.15, 0.2) is 17.1 Å². The van der Waals surface area contributed by atoms with Crippen LogP contribution in [-0.4, -0.2) is 26.5 Å². The van der Waals surface area contributed by atoms with Crippen molar-refractivity contribution >= 4 is 11.9 Å². The number of nitrogen functional groups attached to an aromatic ring is 2. The summed E-state index contributed by atoms with van der Waals surface area (Å²) in [6.45, 7) is 2.65. The van der Waals surface area contributed by atoms with Gasteiger partial charge in [0.1, 0.15) is 0 Å². The molecule has 1 rings (SSSR count). The fourth-order valence-electron chi connectivity index (χ4n) is 1.35. The normalized spacial score (nSPS) is 10.9.